The van der Waals surface area contributed by atoms with Gasteiger partial charge >= 0.3 is 0 Å². The van der Waals surface area contributed by atoms with E-state index in [9.17, 15) is 4.79 Å². The van der Waals surface area contributed by atoms with Crippen LogP contribution in [0.1, 0.15) is 42.7 Å². The van der Waals surface area contributed by atoms with Gasteiger partial charge in [0.25, 0.3) is 0 Å². The molecule has 1 N–H and O–H groups in total. The monoisotopic (exact) mass is 320 g/mol. The van der Waals surface area contributed by atoms with E-state index in [4.69, 9.17) is 0 Å². The normalized spacial score (nSPS) is 28.0. The van der Waals surface area contributed by atoms with Crippen LogP contribution in [-0.4, -0.2) is 16.9 Å². The second-order valence-electron chi connectivity index (χ2n) is 7.15. The Morgan fingerprint density at radius 2 is 1.92 bits per heavy atom. The minimum Gasteiger partial charge on any atom is -0.352 e. The molecule has 2 saturated carbocycles. The number of nitrogens with zero attached hydrogens (tertiary/aromatic N) is 1. The number of nitrogens with one attached hydrogen (secondary N) is 1. The number of pyridine rings is 1. The summed E-state index contributed by atoms with van der Waals surface area (Å²) in [6.07, 6.45) is 8.80. The molecule has 3 heteroatoms. The summed E-state index contributed by atoms with van der Waals surface area (Å²) in [5.74, 6) is 2.12. The predicted octanol–water partition coefficient (Wildman–Crippen LogP) is 3.71. The van der Waals surface area contributed by atoms with Crippen LogP contribution in [0.4, 0.5) is 0 Å². The van der Waals surface area contributed by atoms with Gasteiger partial charge in [-0.1, -0.05) is 42.8 Å². The molecule has 2 aliphatic rings. The molecule has 0 aliphatic heterocycles. The summed E-state index contributed by atoms with van der Waals surface area (Å²) in [4.78, 5) is 16.6. The summed E-state index contributed by atoms with van der Waals surface area (Å²) in [5.41, 5.74) is 2.51. The van der Waals surface area contributed by atoms with Gasteiger partial charge in [0.2, 0.25) is 5.91 Å². The molecule has 0 spiro atoms. The van der Waals surface area contributed by atoms with Gasteiger partial charge < -0.3 is 5.32 Å². The lowest BCUT2D eigenvalue weighted by atomic mass is 9.60. The van der Waals surface area contributed by atoms with Crippen LogP contribution in [0.3, 0.4) is 0 Å². The Labute approximate surface area is 143 Å². The van der Waals surface area contributed by atoms with Gasteiger partial charge in [0.1, 0.15) is 0 Å². The zero-order valence-corrected chi connectivity index (χ0v) is 13.9. The Kier molecular flexibility index (Phi) is 4.33. The van der Waals surface area contributed by atoms with Crippen molar-refractivity contribution in [2.24, 2.45) is 11.8 Å². The molecule has 4 rings (SSSR count). The molecule has 2 aliphatic carbocycles. The van der Waals surface area contributed by atoms with E-state index in [2.05, 4.69) is 40.6 Å². The standard InChI is InChI=1S/C21H24N2O/c24-19(12-11-15-6-5-13-22-14-15)23-21-18-10-4-9-17(18)20(21)16-7-2-1-3-8-16/h1-3,5-8,13-14,17-18,20-21H,4,9-12H2,(H,23,24). The Morgan fingerprint density at radius 3 is 2.71 bits per heavy atom. The second-order valence-corrected chi connectivity index (χ2v) is 7.15. The molecule has 2 fully saturated rings. The smallest absolute Gasteiger partial charge is 0.220 e. The van der Waals surface area contributed by atoms with Gasteiger partial charge in [-0.05, 0) is 48.3 Å². The molecule has 0 radical (unpaired) electrons. The van der Waals surface area contributed by atoms with Crippen molar-refractivity contribution in [3.8, 4) is 0 Å². The highest BCUT2D eigenvalue weighted by atomic mass is 16.1. The van der Waals surface area contributed by atoms with Crippen LogP contribution in [0.2, 0.25) is 0 Å². The van der Waals surface area contributed by atoms with Crippen molar-refractivity contribution in [1.82, 2.24) is 10.3 Å². The molecule has 1 amide bonds. The molecule has 3 nitrogen and oxygen atoms in total. The van der Waals surface area contributed by atoms with Gasteiger partial charge in [-0.25, -0.2) is 0 Å². The molecule has 4 atom stereocenters. The maximum atomic E-state index is 12.5. The lowest BCUT2D eigenvalue weighted by molar-refractivity contribution is -0.123. The third-order valence-electron chi connectivity index (χ3n) is 5.81. The van der Waals surface area contributed by atoms with Gasteiger partial charge in [-0.2, -0.15) is 0 Å². The Balaban J connectivity index is 1.40. The first-order valence-electron chi connectivity index (χ1n) is 9.06. The van der Waals surface area contributed by atoms with Crippen molar-refractivity contribution in [3.05, 3.63) is 66.0 Å². The lowest BCUT2D eigenvalue weighted by Gasteiger charge is -2.49. The number of benzene rings is 1. The van der Waals surface area contributed by atoms with Crippen LogP contribution in [0.25, 0.3) is 0 Å². The fraction of sp³-hybridized carbons (Fsp3) is 0.429. The van der Waals surface area contributed by atoms with Gasteiger partial charge in [0.15, 0.2) is 0 Å². The summed E-state index contributed by atoms with van der Waals surface area (Å²) in [7, 11) is 0. The van der Waals surface area contributed by atoms with E-state index in [-0.39, 0.29) is 5.91 Å². The molecule has 4 unspecified atom stereocenters. The SMILES string of the molecule is O=C(CCc1cccnc1)NC1C2CCCC2C1c1ccccc1. The molecule has 0 bridgehead atoms. The molecule has 0 saturated heterocycles. The van der Waals surface area contributed by atoms with Gasteiger partial charge in [-0.3, -0.25) is 9.78 Å². The van der Waals surface area contributed by atoms with Crippen LogP contribution in [0, 0.1) is 11.8 Å². The number of hydrogen-bond donors (Lipinski definition) is 1. The number of fused-ring (bicyclic) bond motifs is 1. The highest BCUT2D eigenvalue weighted by Crippen LogP contribution is 2.55. The minimum absolute atomic E-state index is 0.176. The van der Waals surface area contributed by atoms with E-state index in [1.807, 2.05) is 18.3 Å². The van der Waals surface area contributed by atoms with E-state index >= 15 is 0 Å². The number of carbonyl (C=O) groups excluding carboxylic acids is 1. The van der Waals surface area contributed by atoms with Crippen molar-refractivity contribution < 1.29 is 4.79 Å². The van der Waals surface area contributed by atoms with Crippen LogP contribution in [0.15, 0.2) is 54.9 Å². The lowest BCUT2D eigenvalue weighted by Crippen LogP contribution is -2.56. The average molecular weight is 320 g/mol. The quantitative estimate of drug-likeness (QED) is 0.912. The second kappa shape index (κ2) is 6.76. The first-order chi connectivity index (χ1) is 11.8. The molecular weight excluding hydrogens is 296 g/mol. The minimum atomic E-state index is 0.176. The van der Waals surface area contributed by atoms with Crippen LogP contribution < -0.4 is 5.32 Å². The first-order valence-corrected chi connectivity index (χ1v) is 9.06. The molecule has 2 aromatic rings. The van der Waals surface area contributed by atoms with Crippen molar-refractivity contribution in [2.45, 2.75) is 44.1 Å². The number of carbonyl (C=O) groups is 1. The molecule has 1 aromatic heterocycles. The molecule has 124 valence electrons. The van der Waals surface area contributed by atoms with Crippen LogP contribution >= 0.6 is 0 Å². The third kappa shape index (κ3) is 2.95. The van der Waals surface area contributed by atoms with E-state index in [1.165, 1.54) is 24.8 Å². The van der Waals surface area contributed by atoms with Crippen molar-refractivity contribution in [2.75, 3.05) is 0 Å². The molecule has 1 aromatic carbocycles. The van der Waals surface area contributed by atoms with Crippen molar-refractivity contribution in [1.29, 1.82) is 0 Å². The average Bonchev–Trinajstić information content (AvgIpc) is 3.04. The van der Waals surface area contributed by atoms with Gasteiger partial charge in [0.05, 0.1) is 0 Å². The fourth-order valence-electron chi connectivity index (χ4n) is 4.68. The summed E-state index contributed by atoms with van der Waals surface area (Å²) < 4.78 is 0. The van der Waals surface area contributed by atoms with Gasteiger partial charge in [-0.15, -0.1) is 0 Å². The number of rotatable bonds is 5. The Hall–Kier alpha value is -2.16. The number of amides is 1. The maximum absolute atomic E-state index is 12.5. The van der Waals surface area contributed by atoms with E-state index in [0.29, 0.717) is 24.3 Å². The molecular formula is C21H24N2O. The zero-order valence-electron chi connectivity index (χ0n) is 13.9. The summed E-state index contributed by atoms with van der Waals surface area (Å²) >= 11 is 0. The number of hydrogen-bond acceptors (Lipinski definition) is 2. The highest BCUT2D eigenvalue weighted by Gasteiger charge is 2.53. The van der Waals surface area contributed by atoms with Crippen molar-refractivity contribution >= 4 is 5.91 Å². The van der Waals surface area contributed by atoms with E-state index < -0.39 is 0 Å². The van der Waals surface area contributed by atoms with Gasteiger partial charge in [0, 0.05) is 30.8 Å². The first kappa shape index (κ1) is 15.4. The Bertz CT molecular complexity index is 685. The summed E-state index contributed by atoms with van der Waals surface area (Å²) in [5, 5.41) is 3.35. The number of aromatic nitrogens is 1. The topological polar surface area (TPSA) is 42.0 Å². The van der Waals surface area contributed by atoms with Crippen LogP contribution in [0.5, 0.6) is 0 Å². The van der Waals surface area contributed by atoms with E-state index in [0.717, 1.165) is 17.9 Å². The molecule has 24 heavy (non-hydrogen) atoms. The zero-order chi connectivity index (χ0) is 16.4. The highest BCUT2D eigenvalue weighted by molar-refractivity contribution is 5.77. The van der Waals surface area contributed by atoms with E-state index in [1.54, 1.807) is 6.20 Å². The Morgan fingerprint density at radius 1 is 1.08 bits per heavy atom. The summed E-state index contributed by atoms with van der Waals surface area (Å²) in [6.45, 7) is 0. The largest absolute Gasteiger partial charge is 0.352 e. The summed E-state index contributed by atoms with van der Waals surface area (Å²) in [6, 6.07) is 15.0. The number of aryl methyl sites for hydroxylation is 1. The van der Waals surface area contributed by atoms with Crippen LogP contribution in [-0.2, 0) is 11.2 Å². The predicted molar refractivity (Wildman–Crippen MR) is 94.5 cm³/mol. The molecule has 1 heterocycles. The maximum Gasteiger partial charge on any atom is 0.220 e. The third-order valence-corrected chi connectivity index (χ3v) is 5.81. The fourth-order valence-corrected chi connectivity index (χ4v) is 4.68. The van der Waals surface area contributed by atoms with Crippen molar-refractivity contribution in [3.63, 3.8) is 0 Å².